The molecule has 0 unspecified atom stereocenters. The number of hydrogen-bond acceptors (Lipinski definition) is 3. The third kappa shape index (κ3) is 4.33. The molecule has 0 aliphatic carbocycles. The molecule has 1 amide bonds. The number of rotatable bonds is 5. The average Bonchev–Trinajstić information content (AvgIpc) is 2.28. The van der Waals surface area contributed by atoms with Gasteiger partial charge in [0.15, 0.2) is 0 Å². The lowest BCUT2D eigenvalue weighted by Gasteiger charge is -2.47. The number of carbonyl (C=O) groups excluding carboxylic acids is 1. The first-order chi connectivity index (χ1) is 9.08. The number of likely N-dealkylation sites (tertiary alicyclic amines) is 1. The second-order valence-electron chi connectivity index (χ2n) is 6.66. The van der Waals surface area contributed by atoms with Crippen molar-refractivity contribution in [2.75, 3.05) is 18.6 Å². The van der Waals surface area contributed by atoms with Crippen LogP contribution >= 0.6 is 0 Å². The zero-order chi connectivity index (χ0) is 15.6. The highest BCUT2D eigenvalue weighted by atomic mass is 32.2. The van der Waals surface area contributed by atoms with Gasteiger partial charge in [0.2, 0.25) is 5.91 Å². The molecule has 2 atom stereocenters. The topological polar surface area (TPSA) is 54.5 Å². The molecule has 0 aromatic carbocycles. The van der Waals surface area contributed by atoms with Crippen molar-refractivity contribution in [3.05, 3.63) is 12.7 Å². The Bertz CT molecular complexity index is 468. The normalized spacial score (nSPS) is 24.2. The van der Waals surface area contributed by atoms with Crippen molar-refractivity contribution >= 4 is 15.7 Å². The van der Waals surface area contributed by atoms with Gasteiger partial charge in [0.25, 0.3) is 0 Å². The maximum atomic E-state index is 12.6. The van der Waals surface area contributed by atoms with E-state index in [-0.39, 0.29) is 23.1 Å². The van der Waals surface area contributed by atoms with E-state index in [0.29, 0.717) is 0 Å². The van der Waals surface area contributed by atoms with E-state index < -0.39 is 15.8 Å². The van der Waals surface area contributed by atoms with E-state index >= 15 is 0 Å². The average molecular weight is 301 g/mol. The maximum Gasteiger partial charge on any atom is 0.226 e. The van der Waals surface area contributed by atoms with Gasteiger partial charge < -0.3 is 4.90 Å². The Hall–Kier alpha value is -0.840. The Morgan fingerprint density at radius 1 is 1.50 bits per heavy atom. The van der Waals surface area contributed by atoms with Crippen LogP contribution in [0.25, 0.3) is 0 Å². The molecule has 1 fully saturated rings. The van der Waals surface area contributed by atoms with Gasteiger partial charge in [-0.2, -0.15) is 0 Å². The number of carbonyl (C=O) groups is 1. The monoisotopic (exact) mass is 301 g/mol. The standard InChI is InChI=1S/C15H27NO3S/c1-6-8-13-15(3,4)9-7-10-16(13)14(17)12(2)11-20(5,18)19/h6,12-13H,1,7-11H2,2-5H3/t12-,13+/m0/s1. The number of nitrogens with zero attached hydrogens (tertiary/aromatic N) is 1. The van der Waals surface area contributed by atoms with Crippen LogP contribution in [0.5, 0.6) is 0 Å². The van der Waals surface area contributed by atoms with E-state index in [0.717, 1.165) is 25.8 Å². The summed E-state index contributed by atoms with van der Waals surface area (Å²) in [5.41, 5.74) is 0.0485. The fourth-order valence-electron chi connectivity index (χ4n) is 3.13. The molecular weight excluding hydrogens is 274 g/mol. The van der Waals surface area contributed by atoms with E-state index in [1.54, 1.807) is 6.92 Å². The molecule has 116 valence electrons. The van der Waals surface area contributed by atoms with Gasteiger partial charge in [0.05, 0.1) is 5.75 Å². The molecule has 20 heavy (non-hydrogen) atoms. The first-order valence-electron chi connectivity index (χ1n) is 7.17. The third-order valence-corrected chi connectivity index (χ3v) is 5.25. The molecule has 1 rings (SSSR count). The number of piperidine rings is 1. The largest absolute Gasteiger partial charge is 0.339 e. The molecule has 1 aliphatic heterocycles. The zero-order valence-electron chi connectivity index (χ0n) is 13.1. The fraction of sp³-hybridized carbons (Fsp3) is 0.800. The van der Waals surface area contributed by atoms with Gasteiger partial charge in [-0.3, -0.25) is 4.79 Å². The van der Waals surface area contributed by atoms with Gasteiger partial charge in [0.1, 0.15) is 9.84 Å². The molecule has 1 aliphatic rings. The van der Waals surface area contributed by atoms with Gasteiger partial charge >= 0.3 is 0 Å². The number of hydrogen-bond donors (Lipinski definition) is 0. The summed E-state index contributed by atoms with van der Waals surface area (Å²) in [6.07, 6.45) is 5.83. The molecule has 0 radical (unpaired) electrons. The van der Waals surface area contributed by atoms with E-state index in [4.69, 9.17) is 0 Å². The summed E-state index contributed by atoms with van der Waals surface area (Å²) < 4.78 is 22.8. The highest BCUT2D eigenvalue weighted by Gasteiger charge is 2.40. The zero-order valence-corrected chi connectivity index (χ0v) is 13.9. The first kappa shape index (κ1) is 17.2. The summed E-state index contributed by atoms with van der Waals surface area (Å²) in [5, 5.41) is 0. The molecule has 0 aromatic rings. The lowest BCUT2D eigenvalue weighted by molar-refractivity contribution is -0.142. The lowest BCUT2D eigenvalue weighted by atomic mass is 9.74. The second-order valence-corrected chi connectivity index (χ2v) is 8.84. The maximum absolute atomic E-state index is 12.6. The molecule has 1 heterocycles. The van der Waals surface area contributed by atoms with Crippen molar-refractivity contribution < 1.29 is 13.2 Å². The number of amides is 1. The van der Waals surface area contributed by atoms with Gasteiger partial charge in [-0.1, -0.05) is 26.8 Å². The van der Waals surface area contributed by atoms with Crippen LogP contribution in [0.4, 0.5) is 0 Å². The van der Waals surface area contributed by atoms with Gasteiger partial charge in [-0.05, 0) is 24.7 Å². The minimum absolute atomic E-state index is 0.0462. The molecule has 0 saturated carbocycles. The molecule has 0 aromatic heterocycles. The summed E-state index contributed by atoms with van der Waals surface area (Å²) in [6, 6.07) is 0.114. The van der Waals surface area contributed by atoms with Crippen LogP contribution in [0.3, 0.4) is 0 Å². The van der Waals surface area contributed by atoms with E-state index in [1.165, 1.54) is 6.26 Å². The molecule has 0 bridgehead atoms. The minimum atomic E-state index is -3.13. The van der Waals surface area contributed by atoms with E-state index in [2.05, 4.69) is 20.4 Å². The quantitative estimate of drug-likeness (QED) is 0.732. The summed E-state index contributed by atoms with van der Waals surface area (Å²) in [5.74, 6) is -0.606. The predicted octanol–water partition coefficient (Wildman–Crippen LogP) is 2.26. The smallest absolute Gasteiger partial charge is 0.226 e. The molecule has 0 N–H and O–H groups in total. The Morgan fingerprint density at radius 2 is 2.10 bits per heavy atom. The highest BCUT2D eigenvalue weighted by Crippen LogP contribution is 2.37. The molecular formula is C15H27NO3S. The summed E-state index contributed by atoms with van der Waals surface area (Å²) in [6.45, 7) is 10.5. The van der Waals surface area contributed by atoms with Crippen LogP contribution in [-0.2, 0) is 14.6 Å². The summed E-state index contributed by atoms with van der Waals surface area (Å²) in [7, 11) is -3.13. The Labute approximate surface area is 123 Å². The van der Waals surface area contributed by atoms with Crippen LogP contribution in [0.15, 0.2) is 12.7 Å². The van der Waals surface area contributed by atoms with Crippen molar-refractivity contribution in [1.82, 2.24) is 4.90 Å². The van der Waals surface area contributed by atoms with E-state index in [1.807, 2.05) is 11.0 Å². The van der Waals surface area contributed by atoms with Crippen LogP contribution in [0.2, 0.25) is 0 Å². The Kier molecular flexibility index (Phi) is 5.41. The van der Waals surface area contributed by atoms with Crippen molar-refractivity contribution in [3.8, 4) is 0 Å². The summed E-state index contributed by atoms with van der Waals surface area (Å²) >= 11 is 0. The Morgan fingerprint density at radius 3 is 2.60 bits per heavy atom. The van der Waals surface area contributed by atoms with Crippen molar-refractivity contribution in [3.63, 3.8) is 0 Å². The van der Waals surface area contributed by atoms with Crippen molar-refractivity contribution in [1.29, 1.82) is 0 Å². The fourth-order valence-corrected chi connectivity index (χ4v) is 4.18. The minimum Gasteiger partial charge on any atom is -0.339 e. The Balaban J connectivity index is 2.91. The van der Waals surface area contributed by atoms with Gasteiger partial charge in [0, 0.05) is 24.8 Å². The third-order valence-electron chi connectivity index (χ3n) is 4.15. The SMILES string of the molecule is C=CC[C@H]1N(C(=O)[C@@H](C)CS(C)(=O)=O)CCCC1(C)C. The molecule has 0 spiro atoms. The van der Waals surface area contributed by atoms with Gasteiger partial charge in [-0.25, -0.2) is 8.42 Å². The van der Waals surface area contributed by atoms with Crippen LogP contribution < -0.4 is 0 Å². The summed E-state index contributed by atoms with van der Waals surface area (Å²) in [4.78, 5) is 14.5. The predicted molar refractivity (Wildman–Crippen MR) is 82.2 cm³/mol. The number of sulfone groups is 1. The van der Waals surface area contributed by atoms with Crippen LogP contribution in [0, 0.1) is 11.3 Å². The molecule has 4 nitrogen and oxygen atoms in total. The van der Waals surface area contributed by atoms with Crippen LogP contribution in [-0.4, -0.2) is 43.8 Å². The lowest BCUT2D eigenvalue weighted by Crippen LogP contribution is -2.54. The molecule has 1 saturated heterocycles. The first-order valence-corrected chi connectivity index (χ1v) is 9.23. The van der Waals surface area contributed by atoms with E-state index in [9.17, 15) is 13.2 Å². The molecule has 5 heteroatoms. The van der Waals surface area contributed by atoms with Crippen molar-refractivity contribution in [2.24, 2.45) is 11.3 Å². The van der Waals surface area contributed by atoms with Crippen molar-refractivity contribution in [2.45, 2.75) is 46.1 Å². The second kappa shape index (κ2) is 6.29. The van der Waals surface area contributed by atoms with Crippen LogP contribution in [0.1, 0.15) is 40.0 Å². The highest BCUT2D eigenvalue weighted by molar-refractivity contribution is 7.90. The van der Waals surface area contributed by atoms with Gasteiger partial charge in [-0.15, -0.1) is 6.58 Å².